The van der Waals surface area contributed by atoms with Gasteiger partial charge in [-0.3, -0.25) is 9.52 Å². The van der Waals surface area contributed by atoms with E-state index in [9.17, 15) is 9.18 Å². The molecule has 1 aliphatic rings. The van der Waals surface area contributed by atoms with Crippen LogP contribution in [0.25, 0.3) is 0 Å². The van der Waals surface area contributed by atoms with Crippen LogP contribution in [0.5, 0.6) is 11.5 Å². The van der Waals surface area contributed by atoms with E-state index in [1.165, 1.54) is 12.1 Å². The van der Waals surface area contributed by atoms with Gasteiger partial charge in [0.2, 0.25) is 5.12 Å². The van der Waals surface area contributed by atoms with Crippen molar-refractivity contribution in [1.29, 1.82) is 0 Å². The van der Waals surface area contributed by atoms with Crippen molar-refractivity contribution < 1.29 is 18.7 Å². The number of thioether (sulfide) groups is 1. The summed E-state index contributed by atoms with van der Waals surface area (Å²) in [6.07, 6.45) is 5.39. The van der Waals surface area contributed by atoms with Gasteiger partial charge in [0, 0.05) is 37.1 Å². The molecule has 1 unspecified atom stereocenters. The van der Waals surface area contributed by atoms with Crippen LogP contribution in [0.3, 0.4) is 0 Å². The average Bonchev–Trinajstić information content (AvgIpc) is 2.41. The maximum absolute atomic E-state index is 13.6. The van der Waals surface area contributed by atoms with Crippen LogP contribution < -0.4 is 14.2 Å². The largest absolute Gasteiger partial charge is 0.490 e. The fourth-order valence-corrected chi connectivity index (χ4v) is 3.32. The van der Waals surface area contributed by atoms with Crippen molar-refractivity contribution in [3.8, 4) is 11.5 Å². The lowest BCUT2D eigenvalue weighted by Crippen LogP contribution is -2.46. The van der Waals surface area contributed by atoms with Gasteiger partial charge >= 0.3 is 0 Å². The van der Waals surface area contributed by atoms with Gasteiger partial charge in [-0.15, -0.1) is 0 Å². The van der Waals surface area contributed by atoms with E-state index in [-0.39, 0.29) is 27.5 Å². The van der Waals surface area contributed by atoms with E-state index in [4.69, 9.17) is 20.7 Å². The number of rotatable bonds is 7. The van der Waals surface area contributed by atoms with Crippen molar-refractivity contribution in [2.75, 3.05) is 19.1 Å². The summed E-state index contributed by atoms with van der Waals surface area (Å²) in [5.74, 6) is 0.273. The van der Waals surface area contributed by atoms with Crippen molar-refractivity contribution in [2.24, 2.45) is 0 Å². The third kappa shape index (κ3) is 5.49. The minimum Gasteiger partial charge on any atom is -0.490 e. The molecule has 0 bridgehead atoms. The van der Waals surface area contributed by atoms with Gasteiger partial charge < -0.3 is 9.47 Å². The minimum atomic E-state index is -0.446. The predicted octanol–water partition coefficient (Wildman–Crippen LogP) is 2.22. The van der Waals surface area contributed by atoms with Crippen LogP contribution in [0, 0.1) is 5.82 Å². The zero-order valence-electron chi connectivity index (χ0n) is 12.3. The molecule has 1 aliphatic carbocycles. The van der Waals surface area contributed by atoms with Gasteiger partial charge in [-0.2, -0.15) is 0 Å². The molecule has 1 saturated carbocycles. The molecule has 0 radical (unpaired) electrons. The van der Waals surface area contributed by atoms with Crippen LogP contribution in [0.2, 0.25) is 0 Å². The van der Waals surface area contributed by atoms with Crippen LogP contribution in [0.1, 0.15) is 12.8 Å². The first-order chi connectivity index (χ1) is 10.5. The van der Waals surface area contributed by atoms with Gasteiger partial charge in [0.1, 0.15) is 23.4 Å². The topological polar surface area (TPSA) is 47.6 Å². The summed E-state index contributed by atoms with van der Waals surface area (Å²) < 4.78 is 27.9. The van der Waals surface area contributed by atoms with Gasteiger partial charge in [0.05, 0.1) is 0 Å². The van der Waals surface area contributed by atoms with E-state index in [2.05, 4.69) is 4.72 Å². The van der Waals surface area contributed by atoms with E-state index in [1.54, 1.807) is 12.3 Å². The molecule has 1 aromatic carbocycles. The van der Waals surface area contributed by atoms with Crippen LogP contribution >= 0.6 is 11.8 Å². The average molecular weight is 364 g/mol. The first kappa shape index (κ1) is 17.7. The van der Waals surface area contributed by atoms with Crippen LogP contribution in [0.15, 0.2) is 18.2 Å². The first-order valence-electron chi connectivity index (χ1n) is 6.72. The van der Waals surface area contributed by atoms with Gasteiger partial charge in [-0.25, -0.2) is 4.39 Å². The molecule has 1 aromatic rings. The fraction of sp³-hybridized carbons (Fsp3) is 0.500. The molecule has 0 amide bonds. The summed E-state index contributed by atoms with van der Waals surface area (Å²) in [4.78, 5) is 11.2. The third-order valence-corrected chi connectivity index (χ3v) is 4.69. The summed E-state index contributed by atoms with van der Waals surface area (Å²) in [6.45, 7) is -0.0862. The molecule has 0 spiro atoms. The van der Waals surface area contributed by atoms with E-state index in [0.717, 1.165) is 24.6 Å². The van der Waals surface area contributed by atoms with Gasteiger partial charge in [0.25, 0.3) is 0 Å². The molecule has 1 fully saturated rings. The maximum Gasteiger partial charge on any atom is 0.226 e. The Kier molecular flexibility index (Phi) is 6.61. The SMILES string of the molecule is CSC(=O)COc1cc(F)cc(O[C@H]2C[C@@H](NS(C)=S)C2)c1. The highest BCUT2D eigenvalue weighted by Crippen LogP contribution is 2.29. The Hall–Kier alpha value is -0.700. The Morgan fingerprint density at radius 3 is 2.77 bits per heavy atom. The summed E-state index contributed by atoms with van der Waals surface area (Å²) in [5, 5.41) is -0.112. The number of hydrogen-bond acceptors (Lipinski definition) is 5. The smallest absolute Gasteiger partial charge is 0.226 e. The lowest BCUT2D eigenvalue weighted by Gasteiger charge is -2.35. The van der Waals surface area contributed by atoms with Gasteiger partial charge in [0.15, 0.2) is 6.61 Å². The standard InChI is InChI=1S/C14H18FNO3S3/c1-21-14(17)8-18-11-3-9(15)4-12(7-11)19-13-5-10(6-13)16-22(2)20/h3-4,7,10,13,16H,5-6,8H2,1-2H3/t10-,13+,22?. The number of benzene rings is 1. The quantitative estimate of drug-likeness (QED) is 0.802. The molecule has 4 nitrogen and oxygen atoms in total. The highest BCUT2D eigenvalue weighted by atomic mass is 32.8. The molecule has 22 heavy (non-hydrogen) atoms. The zero-order valence-corrected chi connectivity index (χ0v) is 14.8. The third-order valence-electron chi connectivity index (χ3n) is 3.16. The fourth-order valence-electron chi connectivity index (χ4n) is 2.07. The van der Waals surface area contributed by atoms with Crippen molar-refractivity contribution in [3.63, 3.8) is 0 Å². The molecule has 1 atom stereocenters. The van der Waals surface area contributed by atoms with Crippen LogP contribution in [-0.2, 0) is 25.6 Å². The number of carbonyl (C=O) groups is 1. The molecule has 8 heteroatoms. The van der Waals surface area contributed by atoms with E-state index >= 15 is 0 Å². The molecule has 0 saturated heterocycles. The van der Waals surface area contributed by atoms with E-state index in [0.29, 0.717) is 17.5 Å². The second kappa shape index (κ2) is 8.24. The van der Waals surface area contributed by atoms with Crippen molar-refractivity contribution in [1.82, 2.24) is 4.72 Å². The molecule has 1 N–H and O–H groups in total. The van der Waals surface area contributed by atoms with Crippen molar-refractivity contribution in [3.05, 3.63) is 24.0 Å². The highest BCUT2D eigenvalue weighted by molar-refractivity contribution is 8.27. The van der Waals surface area contributed by atoms with E-state index < -0.39 is 5.82 Å². The normalized spacial score (nSPS) is 21.8. The van der Waals surface area contributed by atoms with Gasteiger partial charge in [-0.1, -0.05) is 21.4 Å². The van der Waals surface area contributed by atoms with Gasteiger partial charge in [-0.05, 0) is 23.7 Å². The zero-order chi connectivity index (χ0) is 16.1. The number of carbonyl (C=O) groups excluding carboxylic acids is 1. The summed E-state index contributed by atoms with van der Waals surface area (Å²) in [5.41, 5.74) is 0. The molecule has 0 aliphatic heterocycles. The molecule has 122 valence electrons. The summed E-state index contributed by atoms with van der Waals surface area (Å²) in [6, 6.07) is 4.54. The maximum atomic E-state index is 13.6. The Morgan fingerprint density at radius 1 is 1.45 bits per heavy atom. The molecule has 0 heterocycles. The predicted molar refractivity (Wildman–Crippen MR) is 91.6 cm³/mol. The molecular formula is C14H18FNO3S3. The summed E-state index contributed by atoms with van der Waals surface area (Å²) >= 11 is 6.18. The highest BCUT2D eigenvalue weighted by Gasteiger charge is 2.31. The molecule has 0 aromatic heterocycles. The second-order valence-corrected chi connectivity index (χ2v) is 8.48. The van der Waals surface area contributed by atoms with E-state index in [1.807, 2.05) is 6.26 Å². The Bertz CT molecular complexity index is 564. The monoisotopic (exact) mass is 363 g/mol. The Balaban J connectivity index is 1.88. The second-order valence-electron chi connectivity index (χ2n) is 4.97. The number of nitrogens with one attached hydrogen (secondary N) is 1. The first-order valence-corrected chi connectivity index (χ1v) is 10.5. The number of ether oxygens (including phenoxy) is 2. The molecule has 2 rings (SSSR count). The van der Waals surface area contributed by atoms with Crippen LogP contribution in [-0.4, -0.2) is 36.4 Å². The minimum absolute atomic E-state index is 0.0542. The van der Waals surface area contributed by atoms with Crippen molar-refractivity contribution in [2.45, 2.75) is 25.0 Å². The summed E-state index contributed by atoms with van der Waals surface area (Å²) in [7, 11) is -0.207. The molecular weight excluding hydrogens is 345 g/mol. The Morgan fingerprint density at radius 2 is 2.14 bits per heavy atom. The lowest BCUT2D eigenvalue weighted by molar-refractivity contribution is -0.112. The Labute approximate surface area is 140 Å². The number of hydrogen-bond donors (Lipinski definition) is 1. The lowest BCUT2D eigenvalue weighted by atomic mass is 9.90. The number of halogens is 1. The van der Waals surface area contributed by atoms with Crippen molar-refractivity contribution >= 4 is 37.7 Å². The van der Waals surface area contributed by atoms with Crippen LogP contribution in [0.4, 0.5) is 4.39 Å².